The molecule has 2 fully saturated rings. The third kappa shape index (κ3) is 5.54. The maximum absolute atomic E-state index is 12.6. The molecule has 9 nitrogen and oxygen atoms in total. The van der Waals surface area contributed by atoms with Crippen LogP contribution in [-0.2, 0) is 11.3 Å². The molecule has 2 aliphatic rings. The normalized spacial score (nSPS) is 18.2. The second kappa shape index (κ2) is 10.2. The number of anilines is 1. The van der Waals surface area contributed by atoms with Crippen LogP contribution in [0.2, 0.25) is 0 Å². The number of hydrogen-bond acceptors (Lipinski definition) is 6. The topological polar surface area (TPSA) is 115 Å². The Morgan fingerprint density at radius 2 is 1.97 bits per heavy atom. The van der Waals surface area contributed by atoms with E-state index < -0.39 is 5.60 Å². The lowest BCUT2D eigenvalue weighted by Gasteiger charge is -2.26. The highest BCUT2D eigenvalue weighted by molar-refractivity contribution is 5.73. The number of amides is 1. The zero-order valence-corrected chi connectivity index (χ0v) is 22.8. The lowest BCUT2D eigenvalue weighted by molar-refractivity contribution is 0.0255. The van der Waals surface area contributed by atoms with E-state index in [2.05, 4.69) is 30.3 Å². The number of benzene rings is 1. The van der Waals surface area contributed by atoms with Crippen LogP contribution in [0.3, 0.4) is 0 Å². The van der Waals surface area contributed by atoms with E-state index in [1.807, 2.05) is 38.6 Å². The molecular formula is C29H37N7O2. The molecular weight excluding hydrogens is 478 g/mol. The first-order valence-corrected chi connectivity index (χ1v) is 13.5. The van der Waals surface area contributed by atoms with Crippen molar-refractivity contribution < 1.29 is 9.53 Å². The lowest BCUT2D eigenvalue weighted by Crippen LogP contribution is -2.37. The minimum Gasteiger partial charge on any atom is -0.444 e. The third-order valence-electron chi connectivity index (χ3n) is 7.30. The number of carbonyl (C=O) groups is 1. The first-order chi connectivity index (χ1) is 18.1. The first kappa shape index (κ1) is 25.8. The highest BCUT2D eigenvalue weighted by Crippen LogP contribution is 2.40. The molecule has 0 spiro atoms. The van der Waals surface area contributed by atoms with Crippen LogP contribution in [0.4, 0.5) is 10.6 Å². The summed E-state index contributed by atoms with van der Waals surface area (Å²) < 4.78 is 9.26. The van der Waals surface area contributed by atoms with Gasteiger partial charge in [-0.25, -0.2) is 9.48 Å². The Labute approximate surface area is 224 Å². The van der Waals surface area contributed by atoms with Crippen molar-refractivity contribution in [3.63, 3.8) is 0 Å². The molecule has 9 heteroatoms. The first-order valence-electron chi connectivity index (χ1n) is 13.5. The molecule has 2 aromatic heterocycles. The molecule has 3 aromatic rings. The van der Waals surface area contributed by atoms with Crippen LogP contribution in [0, 0.1) is 18.3 Å². The Morgan fingerprint density at radius 3 is 2.68 bits per heavy atom. The Hall–Kier alpha value is -3.80. The van der Waals surface area contributed by atoms with E-state index in [1.165, 1.54) is 24.0 Å². The maximum Gasteiger partial charge on any atom is 0.410 e. The summed E-state index contributed by atoms with van der Waals surface area (Å²) in [4.78, 5) is 14.3. The predicted molar refractivity (Wildman–Crippen MR) is 146 cm³/mol. The molecule has 0 radical (unpaired) electrons. The summed E-state index contributed by atoms with van der Waals surface area (Å²) in [5.74, 6) is 1.07. The van der Waals surface area contributed by atoms with Gasteiger partial charge in [-0.2, -0.15) is 15.5 Å². The minimum absolute atomic E-state index is 0.0104. The van der Waals surface area contributed by atoms with Crippen LogP contribution in [0.15, 0.2) is 30.5 Å². The summed E-state index contributed by atoms with van der Waals surface area (Å²) in [6.07, 6.45) is 6.51. The van der Waals surface area contributed by atoms with Crippen molar-refractivity contribution in [3.05, 3.63) is 52.8 Å². The van der Waals surface area contributed by atoms with Gasteiger partial charge in [0.1, 0.15) is 28.7 Å². The molecule has 0 unspecified atom stereocenters. The molecule has 5 rings (SSSR count). The monoisotopic (exact) mass is 515 g/mol. The van der Waals surface area contributed by atoms with Crippen molar-refractivity contribution >= 4 is 11.9 Å². The largest absolute Gasteiger partial charge is 0.444 e. The van der Waals surface area contributed by atoms with Crippen molar-refractivity contribution in [1.29, 1.82) is 5.26 Å². The van der Waals surface area contributed by atoms with Crippen molar-refractivity contribution in [1.82, 2.24) is 24.5 Å². The molecule has 3 heterocycles. The molecule has 2 N–H and O–H groups in total. The molecule has 200 valence electrons. The van der Waals surface area contributed by atoms with E-state index in [9.17, 15) is 10.1 Å². The molecule has 1 aliphatic heterocycles. The Kier molecular flexibility index (Phi) is 6.91. The number of nitriles is 1. The number of likely N-dealkylation sites (tertiary alicyclic amines) is 1. The van der Waals surface area contributed by atoms with Gasteiger partial charge in [-0.3, -0.25) is 4.68 Å². The molecule has 1 saturated heterocycles. The van der Waals surface area contributed by atoms with E-state index in [0.29, 0.717) is 49.0 Å². The average molecular weight is 516 g/mol. The van der Waals surface area contributed by atoms with Gasteiger partial charge in [0.05, 0.1) is 18.3 Å². The Balaban J connectivity index is 1.36. The van der Waals surface area contributed by atoms with Gasteiger partial charge in [-0.05, 0) is 76.8 Å². The molecule has 1 amide bonds. The molecule has 1 saturated carbocycles. The number of aromatic nitrogens is 4. The molecule has 1 aliphatic carbocycles. The second-order valence-corrected chi connectivity index (χ2v) is 11.6. The van der Waals surface area contributed by atoms with E-state index in [0.717, 1.165) is 24.1 Å². The quantitative estimate of drug-likeness (QED) is 0.487. The van der Waals surface area contributed by atoms with Gasteiger partial charge in [-0.15, -0.1) is 0 Å². The fourth-order valence-electron chi connectivity index (χ4n) is 5.24. The smallest absolute Gasteiger partial charge is 0.410 e. The van der Waals surface area contributed by atoms with Crippen molar-refractivity contribution in [2.24, 2.45) is 0 Å². The van der Waals surface area contributed by atoms with Crippen molar-refractivity contribution in [2.75, 3.05) is 18.8 Å². The molecule has 1 aromatic carbocycles. The van der Waals surface area contributed by atoms with Gasteiger partial charge < -0.3 is 15.4 Å². The van der Waals surface area contributed by atoms with Crippen LogP contribution in [0.5, 0.6) is 0 Å². The number of nitrogen functional groups attached to an aromatic ring is 1. The summed E-state index contributed by atoms with van der Waals surface area (Å²) >= 11 is 0. The molecule has 38 heavy (non-hydrogen) atoms. The summed E-state index contributed by atoms with van der Waals surface area (Å²) in [5, 5.41) is 19.6. The number of aryl methyl sites for hydroxylation is 1. The highest BCUT2D eigenvalue weighted by atomic mass is 16.6. The predicted octanol–water partition coefficient (Wildman–Crippen LogP) is 5.40. The SMILES string of the molecule is Cc1nn(Cc2cccc(C3CC3)c2)cc1-c1nn([C@H]2CCCN(C(=O)OC(C)(C)C)CC2)c(N)c1C#N. The average Bonchev–Trinajstić information content (AvgIpc) is 3.62. The van der Waals surface area contributed by atoms with E-state index in [-0.39, 0.29) is 12.1 Å². The zero-order valence-electron chi connectivity index (χ0n) is 22.8. The van der Waals surface area contributed by atoms with Crippen LogP contribution in [0.1, 0.15) is 87.2 Å². The zero-order chi connectivity index (χ0) is 27.0. The van der Waals surface area contributed by atoms with Gasteiger partial charge in [0, 0.05) is 24.8 Å². The van der Waals surface area contributed by atoms with E-state index in [4.69, 9.17) is 20.7 Å². The standard InChI is InChI=1S/C29H37N7O2/c1-19-25(18-35(32-19)17-20-7-5-8-22(15-20)21-10-11-21)26-24(16-30)27(31)36(33-26)23-9-6-13-34(14-12-23)28(37)38-29(2,3)4/h5,7-8,15,18,21,23H,6,9-14,17,31H2,1-4H3/t23-/m0/s1. The number of nitrogens with zero attached hydrogens (tertiary/aromatic N) is 6. The molecule has 1 atom stereocenters. The van der Waals surface area contributed by atoms with Gasteiger partial charge in [0.2, 0.25) is 0 Å². The Bertz CT molecular complexity index is 1370. The molecule has 0 bridgehead atoms. The van der Waals surface area contributed by atoms with Gasteiger partial charge in [-0.1, -0.05) is 24.3 Å². The van der Waals surface area contributed by atoms with Gasteiger partial charge >= 0.3 is 6.09 Å². The number of carbonyl (C=O) groups excluding carboxylic acids is 1. The Morgan fingerprint density at radius 1 is 1.18 bits per heavy atom. The van der Waals surface area contributed by atoms with Gasteiger partial charge in [0.25, 0.3) is 0 Å². The van der Waals surface area contributed by atoms with Crippen LogP contribution < -0.4 is 5.73 Å². The number of rotatable bonds is 5. The van der Waals surface area contributed by atoms with Crippen molar-refractivity contribution in [2.45, 2.75) is 83.9 Å². The summed E-state index contributed by atoms with van der Waals surface area (Å²) in [7, 11) is 0. The van der Waals surface area contributed by atoms with Crippen LogP contribution in [0.25, 0.3) is 11.3 Å². The highest BCUT2D eigenvalue weighted by Gasteiger charge is 2.29. The van der Waals surface area contributed by atoms with Crippen LogP contribution in [-0.4, -0.2) is 49.2 Å². The lowest BCUT2D eigenvalue weighted by atomic mass is 10.1. The number of nitrogens with two attached hydrogens (primary N) is 1. The van der Waals surface area contributed by atoms with Crippen molar-refractivity contribution in [3.8, 4) is 17.3 Å². The minimum atomic E-state index is -0.534. The number of hydrogen-bond donors (Lipinski definition) is 1. The van der Waals surface area contributed by atoms with E-state index >= 15 is 0 Å². The summed E-state index contributed by atoms with van der Waals surface area (Å²) in [6, 6.07) is 11.0. The summed E-state index contributed by atoms with van der Waals surface area (Å²) in [5.41, 5.74) is 11.1. The number of ether oxygens (including phenoxy) is 1. The third-order valence-corrected chi connectivity index (χ3v) is 7.30. The van der Waals surface area contributed by atoms with Gasteiger partial charge in [0.15, 0.2) is 0 Å². The summed E-state index contributed by atoms with van der Waals surface area (Å²) in [6.45, 7) is 9.38. The fraction of sp³-hybridized carbons (Fsp3) is 0.517. The van der Waals surface area contributed by atoms with E-state index in [1.54, 1.807) is 9.58 Å². The maximum atomic E-state index is 12.6. The second-order valence-electron chi connectivity index (χ2n) is 11.6. The van der Waals surface area contributed by atoms with Crippen LogP contribution >= 0.6 is 0 Å². The fourth-order valence-corrected chi connectivity index (χ4v) is 5.24.